The van der Waals surface area contributed by atoms with Gasteiger partial charge in [-0.2, -0.15) is 0 Å². The van der Waals surface area contributed by atoms with Crippen LogP contribution < -0.4 is 9.80 Å². The van der Waals surface area contributed by atoms with Crippen LogP contribution in [-0.2, 0) is 9.59 Å². The molecule has 2 atom stereocenters. The van der Waals surface area contributed by atoms with Crippen LogP contribution in [0.25, 0.3) is 0 Å². The molecule has 3 aromatic rings. The maximum atomic E-state index is 13.8. The number of carbonyl (C=O) groups excluding carboxylic acids is 2. The van der Waals surface area contributed by atoms with E-state index in [4.69, 9.17) is 0 Å². The van der Waals surface area contributed by atoms with Crippen molar-refractivity contribution in [3.8, 4) is 0 Å². The second-order valence-electron chi connectivity index (χ2n) is 9.99. The van der Waals surface area contributed by atoms with Crippen molar-refractivity contribution in [3.63, 3.8) is 0 Å². The van der Waals surface area contributed by atoms with E-state index in [0.717, 1.165) is 44.9 Å². The number of amides is 1. The molecular weight excluding hydrogens is 432 g/mol. The van der Waals surface area contributed by atoms with Gasteiger partial charge in [-0.05, 0) is 66.6 Å². The Morgan fingerprint density at radius 3 is 2.17 bits per heavy atom. The molecule has 1 aliphatic heterocycles. The average Bonchev–Trinajstić information content (AvgIpc) is 2.86. The molecule has 0 fully saturated rings. The lowest BCUT2D eigenvalue weighted by molar-refractivity contribution is -0.120. The second kappa shape index (κ2) is 9.18. The molecule has 0 N–H and O–H groups in total. The van der Waals surface area contributed by atoms with Crippen LogP contribution in [0.1, 0.15) is 53.4 Å². The predicted octanol–water partition coefficient (Wildman–Crippen LogP) is 6.29. The second-order valence-corrected chi connectivity index (χ2v) is 9.99. The summed E-state index contributed by atoms with van der Waals surface area (Å²) in [4.78, 5) is 31.5. The van der Waals surface area contributed by atoms with Crippen LogP contribution in [0.15, 0.2) is 84.1 Å². The number of hydrogen-bond donors (Lipinski definition) is 0. The van der Waals surface area contributed by atoms with Crippen LogP contribution in [0.3, 0.4) is 0 Å². The van der Waals surface area contributed by atoms with Gasteiger partial charge >= 0.3 is 0 Å². The standard InChI is InChI=1S/C31H32N2O2/c1-20-9-8-12-27(21(20)2)33-28-17-24(22-10-6-5-7-11-22)18-29(34)31(28)26(19-30(33)35)23-13-15-25(16-14-23)32(3)4/h5-16,24,26H,17-19H2,1-4H3. The average molecular weight is 465 g/mol. The Hall–Kier alpha value is -3.66. The number of benzene rings is 3. The minimum absolute atomic E-state index is 0.0562. The molecule has 0 spiro atoms. The summed E-state index contributed by atoms with van der Waals surface area (Å²) in [5.41, 5.74) is 8.09. The number of aryl methyl sites for hydroxylation is 1. The van der Waals surface area contributed by atoms with E-state index in [9.17, 15) is 9.59 Å². The van der Waals surface area contributed by atoms with Crippen LogP contribution in [0.5, 0.6) is 0 Å². The highest BCUT2D eigenvalue weighted by molar-refractivity contribution is 6.08. The molecule has 1 aliphatic carbocycles. The lowest BCUT2D eigenvalue weighted by Gasteiger charge is -2.41. The first-order chi connectivity index (χ1) is 16.8. The van der Waals surface area contributed by atoms with Crippen molar-refractivity contribution in [3.05, 3.63) is 106 Å². The van der Waals surface area contributed by atoms with Crippen LogP contribution in [0, 0.1) is 13.8 Å². The number of allylic oxidation sites excluding steroid dienone is 2. The molecule has 1 amide bonds. The number of rotatable bonds is 4. The zero-order valence-electron chi connectivity index (χ0n) is 20.9. The van der Waals surface area contributed by atoms with Crippen molar-refractivity contribution in [2.24, 2.45) is 0 Å². The Balaban J connectivity index is 1.65. The van der Waals surface area contributed by atoms with Gasteiger partial charge in [0.05, 0.1) is 5.69 Å². The summed E-state index contributed by atoms with van der Waals surface area (Å²) in [6, 6.07) is 24.6. The molecule has 178 valence electrons. The molecule has 5 rings (SSSR count). The van der Waals surface area contributed by atoms with Crippen LogP contribution in [0.2, 0.25) is 0 Å². The third-order valence-corrected chi connectivity index (χ3v) is 7.63. The van der Waals surface area contributed by atoms with Crippen molar-refractivity contribution in [2.45, 2.75) is 44.9 Å². The van der Waals surface area contributed by atoms with E-state index in [1.165, 1.54) is 0 Å². The summed E-state index contributed by atoms with van der Waals surface area (Å²) >= 11 is 0. The van der Waals surface area contributed by atoms with Crippen LogP contribution >= 0.6 is 0 Å². The molecule has 0 bridgehead atoms. The van der Waals surface area contributed by atoms with E-state index >= 15 is 0 Å². The van der Waals surface area contributed by atoms with E-state index in [0.29, 0.717) is 19.3 Å². The monoisotopic (exact) mass is 464 g/mol. The summed E-state index contributed by atoms with van der Waals surface area (Å²) in [6.45, 7) is 4.13. The van der Waals surface area contributed by atoms with E-state index < -0.39 is 0 Å². The van der Waals surface area contributed by atoms with Crippen molar-refractivity contribution >= 4 is 23.1 Å². The molecule has 2 aliphatic rings. The Labute approximate surface area is 207 Å². The molecule has 0 saturated heterocycles. The topological polar surface area (TPSA) is 40.6 Å². The maximum absolute atomic E-state index is 13.8. The first-order valence-corrected chi connectivity index (χ1v) is 12.3. The number of hydrogen-bond acceptors (Lipinski definition) is 3. The summed E-state index contributed by atoms with van der Waals surface area (Å²) in [7, 11) is 4.02. The third kappa shape index (κ3) is 4.18. The molecule has 2 unspecified atom stereocenters. The highest BCUT2D eigenvalue weighted by Gasteiger charge is 2.42. The lowest BCUT2D eigenvalue weighted by atomic mass is 9.72. The molecule has 4 nitrogen and oxygen atoms in total. The fourth-order valence-corrected chi connectivity index (χ4v) is 5.54. The van der Waals surface area contributed by atoms with Gasteiger partial charge in [-0.15, -0.1) is 0 Å². The highest BCUT2D eigenvalue weighted by atomic mass is 16.2. The minimum Gasteiger partial charge on any atom is -0.378 e. The van der Waals surface area contributed by atoms with E-state index in [-0.39, 0.29) is 23.5 Å². The van der Waals surface area contributed by atoms with Gasteiger partial charge in [0.1, 0.15) is 0 Å². The first kappa shape index (κ1) is 23.1. The lowest BCUT2D eigenvalue weighted by Crippen LogP contribution is -2.42. The Morgan fingerprint density at radius 1 is 0.771 bits per heavy atom. The number of Topliss-reactive ketones (excluding diaryl/α,β-unsaturated/α-hetero) is 1. The summed E-state index contributed by atoms with van der Waals surface area (Å²) in [5.74, 6) is 0.0716. The van der Waals surface area contributed by atoms with Gasteiger partial charge in [0, 0.05) is 49.8 Å². The van der Waals surface area contributed by atoms with E-state index in [1.807, 2.05) is 49.3 Å². The van der Waals surface area contributed by atoms with Gasteiger partial charge in [-0.3, -0.25) is 14.5 Å². The van der Waals surface area contributed by atoms with Gasteiger partial charge in [0.25, 0.3) is 0 Å². The molecular formula is C31H32N2O2. The van der Waals surface area contributed by atoms with Crippen molar-refractivity contribution in [2.75, 3.05) is 23.9 Å². The van der Waals surface area contributed by atoms with Crippen molar-refractivity contribution in [1.82, 2.24) is 0 Å². The zero-order valence-corrected chi connectivity index (χ0v) is 20.9. The Bertz CT molecular complexity index is 1310. The van der Waals surface area contributed by atoms with Gasteiger partial charge in [0.2, 0.25) is 5.91 Å². The van der Waals surface area contributed by atoms with Crippen molar-refractivity contribution in [1.29, 1.82) is 0 Å². The Kier molecular flexibility index (Phi) is 6.06. The number of carbonyl (C=O) groups is 2. The smallest absolute Gasteiger partial charge is 0.232 e. The zero-order chi connectivity index (χ0) is 24.7. The molecule has 4 heteroatoms. The molecule has 0 radical (unpaired) electrons. The van der Waals surface area contributed by atoms with Crippen LogP contribution in [-0.4, -0.2) is 25.8 Å². The van der Waals surface area contributed by atoms with Gasteiger partial charge in [-0.25, -0.2) is 0 Å². The maximum Gasteiger partial charge on any atom is 0.232 e. The molecule has 35 heavy (non-hydrogen) atoms. The summed E-state index contributed by atoms with van der Waals surface area (Å²) in [5, 5.41) is 0. The van der Waals surface area contributed by atoms with Gasteiger partial charge in [0.15, 0.2) is 5.78 Å². The predicted molar refractivity (Wildman–Crippen MR) is 142 cm³/mol. The Morgan fingerprint density at radius 2 is 1.49 bits per heavy atom. The third-order valence-electron chi connectivity index (χ3n) is 7.63. The summed E-state index contributed by atoms with van der Waals surface area (Å²) in [6.07, 6.45) is 1.45. The molecule has 0 saturated carbocycles. The summed E-state index contributed by atoms with van der Waals surface area (Å²) < 4.78 is 0. The highest BCUT2D eigenvalue weighted by Crippen LogP contribution is 2.47. The molecule has 1 heterocycles. The SMILES string of the molecule is Cc1cccc(N2C(=O)CC(c3ccc(N(C)C)cc3)C3=C2CC(c2ccccc2)CC3=O)c1C. The van der Waals surface area contributed by atoms with E-state index in [2.05, 4.69) is 61.2 Å². The van der Waals surface area contributed by atoms with Crippen LogP contribution in [0.4, 0.5) is 11.4 Å². The quantitative estimate of drug-likeness (QED) is 0.456. The van der Waals surface area contributed by atoms with E-state index in [1.54, 1.807) is 0 Å². The fraction of sp³-hybridized carbons (Fsp3) is 0.290. The van der Waals surface area contributed by atoms with Crippen molar-refractivity contribution < 1.29 is 9.59 Å². The first-order valence-electron chi connectivity index (χ1n) is 12.3. The number of ketones is 1. The van der Waals surface area contributed by atoms with Gasteiger partial charge in [-0.1, -0.05) is 54.6 Å². The normalized spacial score (nSPS) is 20.2. The largest absolute Gasteiger partial charge is 0.378 e. The molecule has 0 aromatic heterocycles. The molecule has 3 aromatic carbocycles. The fourth-order valence-electron chi connectivity index (χ4n) is 5.54. The number of nitrogens with zero attached hydrogens (tertiary/aromatic N) is 2. The number of anilines is 2. The minimum atomic E-state index is -0.209. The van der Waals surface area contributed by atoms with Gasteiger partial charge < -0.3 is 4.90 Å².